The highest BCUT2D eigenvalue weighted by Crippen LogP contribution is 2.28. The van der Waals surface area contributed by atoms with Crippen LogP contribution in [0.5, 0.6) is 0 Å². The average molecular weight is 429 g/mol. The van der Waals surface area contributed by atoms with Crippen molar-refractivity contribution < 1.29 is 18.0 Å². The van der Waals surface area contributed by atoms with Crippen LogP contribution < -0.4 is 10.6 Å². The SMILES string of the molecule is CC(C(=O)Nc1cc(S(=O)(=O)N2CCCCC2)ccc1Cl)N1CCNC(=O)C1. The number of piperidine rings is 1. The standard InChI is InChI=1S/C18H25ClN4O4S/c1-13(22-10-7-20-17(24)12-22)18(25)21-16-11-14(5-6-15(16)19)28(26,27)23-8-3-2-4-9-23/h5-6,11,13H,2-4,7-10,12H2,1H3,(H,20,24)(H,21,25). The molecule has 0 bridgehead atoms. The molecule has 2 amide bonds. The van der Waals surface area contributed by atoms with Gasteiger partial charge in [0, 0.05) is 26.2 Å². The van der Waals surface area contributed by atoms with Gasteiger partial charge >= 0.3 is 0 Å². The van der Waals surface area contributed by atoms with Gasteiger partial charge < -0.3 is 10.6 Å². The monoisotopic (exact) mass is 428 g/mol. The number of piperazine rings is 1. The highest BCUT2D eigenvalue weighted by molar-refractivity contribution is 7.89. The van der Waals surface area contributed by atoms with Crippen LogP contribution >= 0.6 is 11.6 Å². The Balaban J connectivity index is 1.76. The first kappa shape index (κ1) is 21.0. The molecule has 2 aliphatic heterocycles. The number of nitrogens with one attached hydrogen (secondary N) is 2. The van der Waals surface area contributed by atoms with E-state index in [1.807, 2.05) is 0 Å². The van der Waals surface area contributed by atoms with E-state index in [0.29, 0.717) is 26.2 Å². The Morgan fingerprint density at radius 2 is 1.93 bits per heavy atom. The van der Waals surface area contributed by atoms with E-state index in [1.165, 1.54) is 22.5 Å². The molecule has 8 nitrogen and oxygen atoms in total. The number of benzene rings is 1. The zero-order valence-corrected chi connectivity index (χ0v) is 17.4. The first-order chi connectivity index (χ1) is 13.3. The topological polar surface area (TPSA) is 98.8 Å². The van der Waals surface area contributed by atoms with Gasteiger partial charge in [0.25, 0.3) is 0 Å². The van der Waals surface area contributed by atoms with Crippen molar-refractivity contribution in [2.75, 3.05) is 38.0 Å². The minimum Gasteiger partial charge on any atom is -0.354 e. The van der Waals surface area contributed by atoms with E-state index in [0.717, 1.165) is 19.3 Å². The van der Waals surface area contributed by atoms with Gasteiger partial charge in [0.2, 0.25) is 21.8 Å². The number of sulfonamides is 1. The molecule has 2 fully saturated rings. The lowest BCUT2D eigenvalue weighted by Gasteiger charge is -2.31. The first-order valence-electron chi connectivity index (χ1n) is 9.40. The maximum atomic E-state index is 12.9. The summed E-state index contributed by atoms with van der Waals surface area (Å²) in [5.41, 5.74) is 0.248. The summed E-state index contributed by atoms with van der Waals surface area (Å²) >= 11 is 6.19. The summed E-state index contributed by atoms with van der Waals surface area (Å²) in [4.78, 5) is 26.0. The lowest BCUT2D eigenvalue weighted by atomic mass is 10.2. The average Bonchev–Trinajstić information content (AvgIpc) is 2.69. The van der Waals surface area contributed by atoms with Crippen LogP contribution in [0.4, 0.5) is 5.69 Å². The maximum absolute atomic E-state index is 12.9. The molecule has 0 spiro atoms. The Bertz CT molecular complexity index is 855. The molecule has 3 rings (SSSR count). The third kappa shape index (κ3) is 4.65. The second-order valence-electron chi connectivity index (χ2n) is 7.09. The van der Waals surface area contributed by atoms with Gasteiger partial charge in [-0.1, -0.05) is 18.0 Å². The fourth-order valence-electron chi connectivity index (χ4n) is 3.41. The molecule has 2 saturated heterocycles. The zero-order valence-electron chi connectivity index (χ0n) is 15.8. The van der Waals surface area contributed by atoms with Gasteiger partial charge in [-0.2, -0.15) is 4.31 Å². The number of carbonyl (C=O) groups excluding carboxylic acids is 2. The second kappa shape index (κ2) is 8.77. The smallest absolute Gasteiger partial charge is 0.243 e. The molecule has 154 valence electrons. The third-order valence-electron chi connectivity index (χ3n) is 5.14. The predicted molar refractivity (Wildman–Crippen MR) is 107 cm³/mol. The van der Waals surface area contributed by atoms with Gasteiger partial charge in [-0.05, 0) is 38.0 Å². The Morgan fingerprint density at radius 1 is 1.21 bits per heavy atom. The summed E-state index contributed by atoms with van der Waals surface area (Å²) in [5, 5.41) is 5.68. The molecule has 0 aliphatic carbocycles. The number of hydrogen-bond acceptors (Lipinski definition) is 5. The van der Waals surface area contributed by atoms with Crippen LogP contribution in [0.15, 0.2) is 23.1 Å². The summed E-state index contributed by atoms with van der Waals surface area (Å²) in [6, 6.07) is 3.79. The van der Waals surface area contributed by atoms with Crippen molar-refractivity contribution in [3.63, 3.8) is 0 Å². The van der Waals surface area contributed by atoms with Crippen LogP contribution in [0.1, 0.15) is 26.2 Å². The van der Waals surface area contributed by atoms with Gasteiger partial charge in [-0.25, -0.2) is 8.42 Å². The molecule has 0 aromatic heterocycles. The van der Waals surface area contributed by atoms with Gasteiger partial charge in [0.1, 0.15) is 0 Å². The Morgan fingerprint density at radius 3 is 2.61 bits per heavy atom. The van der Waals surface area contributed by atoms with Crippen molar-refractivity contribution in [1.82, 2.24) is 14.5 Å². The predicted octanol–water partition coefficient (Wildman–Crippen LogP) is 1.27. The van der Waals surface area contributed by atoms with Crippen LogP contribution in [-0.4, -0.2) is 68.2 Å². The number of halogens is 1. The molecule has 2 N–H and O–H groups in total. The summed E-state index contributed by atoms with van der Waals surface area (Å²) in [6.45, 7) is 3.90. The summed E-state index contributed by atoms with van der Waals surface area (Å²) < 4.78 is 27.2. The van der Waals surface area contributed by atoms with Crippen molar-refractivity contribution >= 4 is 39.1 Å². The zero-order chi connectivity index (χ0) is 20.3. The molecule has 1 aromatic carbocycles. The lowest BCUT2D eigenvalue weighted by molar-refractivity contribution is -0.127. The van der Waals surface area contributed by atoms with Crippen molar-refractivity contribution in [3.8, 4) is 0 Å². The largest absolute Gasteiger partial charge is 0.354 e. The number of hydrogen-bond donors (Lipinski definition) is 2. The number of carbonyl (C=O) groups is 2. The molecule has 1 atom stereocenters. The molecular weight excluding hydrogens is 404 g/mol. The van der Waals surface area contributed by atoms with E-state index < -0.39 is 16.1 Å². The van der Waals surface area contributed by atoms with E-state index in [9.17, 15) is 18.0 Å². The van der Waals surface area contributed by atoms with E-state index in [1.54, 1.807) is 11.8 Å². The molecular formula is C18H25ClN4O4S. The summed E-state index contributed by atoms with van der Waals surface area (Å²) in [7, 11) is -3.63. The summed E-state index contributed by atoms with van der Waals surface area (Å²) in [6.07, 6.45) is 2.72. The van der Waals surface area contributed by atoms with Crippen molar-refractivity contribution in [2.24, 2.45) is 0 Å². The molecule has 1 unspecified atom stereocenters. The van der Waals surface area contributed by atoms with E-state index in [4.69, 9.17) is 11.6 Å². The normalized spacial score (nSPS) is 20.4. The Kier molecular flexibility index (Phi) is 6.59. The molecule has 2 aliphatic rings. The van der Waals surface area contributed by atoms with Crippen molar-refractivity contribution in [3.05, 3.63) is 23.2 Å². The van der Waals surface area contributed by atoms with Crippen LogP contribution in [-0.2, 0) is 19.6 Å². The third-order valence-corrected chi connectivity index (χ3v) is 7.37. The Labute approximate surface area is 170 Å². The molecule has 28 heavy (non-hydrogen) atoms. The number of rotatable bonds is 5. The number of amides is 2. The quantitative estimate of drug-likeness (QED) is 0.735. The highest BCUT2D eigenvalue weighted by atomic mass is 35.5. The van der Waals surface area contributed by atoms with Crippen molar-refractivity contribution in [1.29, 1.82) is 0 Å². The van der Waals surface area contributed by atoms with E-state index >= 15 is 0 Å². The molecule has 0 saturated carbocycles. The van der Waals surface area contributed by atoms with Crippen molar-refractivity contribution in [2.45, 2.75) is 37.1 Å². The highest BCUT2D eigenvalue weighted by Gasteiger charge is 2.28. The fourth-order valence-corrected chi connectivity index (χ4v) is 5.12. The molecule has 10 heteroatoms. The van der Waals surface area contributed by atoms with Gasteiger partial charge in [-0.3, -0.25) is 14.5 Å². The van der Waals surface area contributed by atoms with E-state index in [-0.39, 0.29) is 34.0 Å². The molecule has 2 heterocycles. The van der Waals surface area contributed by atoms with Crippen LogP contribution in [0.25, 0.3) is 0 Å². The molecule has 0 radical (unpaired) electrons. The first-order valence-corrected chi connectivity index (χ1v) is 11.2. The lowest BCUT2D eigenvalue weighted by Crippen LogP contribution is -2.53. The van der Waals surface area contributed by atoms with Gasteiger partial charge in [0.15, 0.2) is 0 Å². The minimum absolute atomic E-state index is 0.110. The van der Waals surface area contributed by atoms with Crippen LogP contribution in [0, 0.1) is 0 Å². The second-order valence-corrected chi connectivity index (χ2v) is 9.44. The van der Waals surface area contributed by atoms with Crippen LogP contribution in [0.2, 0.25) is 5.02 Å². The minimum atomic E-state index is -3.63. The van der Waals surface area contributed by atoms with Gasteiger partial charge in [0.05, 0.1) is 28.2 Å². The maximum Gasteiger partial charge on any atom is 0.243 e. The number of anilines is 1. The fraction of sp³-hybridized carbons (Fsp3) is 0.556. The van der Waals surface area contributed by atoms with E-state index in [2.05, 4.69) is 10.6 Å². The number of nitrogens with zero attached hydrogens (tertiary/aromatic N) is 2. The molecule has 1 aromatic rings. The Hall–Kier alpha value is -1.68. The van der Waals surface area contributed by atoms with Gasteiger partial charge in [-0.15, -0.1) is 0 Å². The summed E-state index contributed by atoms with van der Waals surface area (Å²) in [5.74, 6) is -0.470. The van der Waals surface area contributed by atoms with Crippen LogP contribution in [0.3, 0.4) is 0 Å².